The highest BCUT2D eigenvalue weighted by Gasteiger charge is 2.49. The Kier molecular flexibility index (Phi) is 5.35. The molecule has 1 unspecified atom stereocenters. The zero-order chi connectivity index (χ0) is 20.3. The van der Waals surface area contributed by atoms with E-state index in [0.29, 0.717) is 11.3 Å². The van der Waals surface area contributed by atoms with Gasteiger partial charge < -0.3 is 14.8 Å². The van der Waals surface area contributed by atoms with Crippen LogP contribution in [0.2, 0.25) is 0 Å². The smallest absolute Gasteiger partial charge is 0.337 e. The average Bonchev–Trinajstić information content (AvgIpc) is 2.91. The molecule has 0 aliphatic carbocycles. The molecule has 3 amide bonds. The minimum atomic E-state index is -1.10. The Morgan fingerprint density at radius 2 is 1.89 bits per heavy atom. The van der Waals surface area contributed by atoms with Crippen molar-refractivity contribution in [1.29, 1.82) is 0 Å². The minimum Gasteiger partial charge on any atom is -0.492 e. The van der Waals surface area contributed by atoms with Crippen molar-refractivity contribution in [2.75, 3.05) is 20.3 Å². The number of amides is 3. The predicted molar refractivity (Wildman–Crippen MR) is 102 cm³/mol. The summed E-state index contributed by atoms with van der Waals surface area (Å²) in [6, 6.07) is 13.5. The fourth-order valence-corrected chi connectivity index (χ4v) is 3.30. The molecule has 0 spiro atoms. The second-order valence-electron chi connectivity index (χ2n) is 6.69. The topological polar surface area (TPSA) is 84.9 Å². The van der Waals surface area contributed by atoms with Crippen molar-refractivity contribution in [3.05, 3.63) is 65.2 Å². The molecule has 7 heteroatoms. The Hall–Kier alpha value is -3.35. The van der Waals surface area contributed by atoms with E-state index < -0.39 is 17.5 Å². The number of esters is 1. The first-order valence-electron chi connectivity index (χ1n) is 8.88. The van der Waals surface area contributed by atoms with Crippen LogP contribution in [0.25, 0.3) is 0 Å². The van der Waals surface area contributed by atoms with Gasteiger partial charge in [0.2, 0.25) is 0 Å². The molecule has 0 radical (unpaired) electrons. The summed E-state index contributed by atoms with van der Waals surface area (Å²) in [5, 5.41) is 2.79. The summed E-state index contributed by atoms with van der Waals surface area (Å²) in [5.41, 5.74) is 0.953. The van der Waals surface area contributed by atoms with Crippen LogP contribution in [-0.4, -0.2) is 43.1 Å². The minimum absolute atomic E-state index is 0.0919. The molecule has 1 fully saturated rings. The lowest BCUT2D eigenvalue weighted by Gasteiger charge is -2.24. The van der Waals surface area contributed by atoms with E-state index >= 15 is 0 Å². The maximum atomic E-state index is 12.9. The predicted octanol–water partition coefficient (Wildman–Crippen LogP) is 2.63. The summed E-state index contributed by atoms with van der Waals surface area (Å²) in [5.74, 6) is -0.330. The molecular weight excluding hydrogens is 360 g/mol. The molecule has 1 saturated heterocycles. The van der Waals surface area contributed by atoms with Gasteiger partial charge in [-0.15, -0.1) is 0 Å². The molecule has 1 heterocycles. The number of imide groups is 1. The molecular formula is C21H22N2O5. The van der Waals surface area contributed by atoms with Crippen LogP contribution >= 0.6 is 0 Å². The SMILES string of the molecule is COC(=O)c1cccc(OCCN2C(=O)NC(C)(c3ccccc3C)C2=O)c1. The second kappa shape index (κ2) is 7.72. The van der Waals surface area contributed by atoms with Gasteiger partial charge in [-0.05, 0) is 43.2 Å². The molecule has 7 nitrogen and oxygen atoms in total. The first-order valence-corrected chi connectivity index (χ1v) is 8.88. The number of nitrogens with zero attached hydrogens (tertiary/aromatic N) is 1. The van der Waals surface area contributed by atoms with Gasteiger partial charge in [0.15, 0.2) is 0 Å². The standard InChI is InChI=1S/C21H22N2O5/c1-14-7-4-5-10-17(14)21(2)19(25)23(20(26)22-21)11-12-28-16-9-6-8-15(13-16)18(24)27-3/h4-10,13H,11-12H2,1-3H3,(H,22,26). The fourth-order valence-electron chi connectivity index (χ4n) is 3.30. The number of rotatable bonds is 6. The largest absolute Gasteiger partial charge is 0.492 e. The third-order valence-corrected chi connectivity index (χ3v) is 4.80. The van der Waals surface area contributed by atoms with Crippen LogP contribution in [0.5, 0.6) is 5.75 Å². The van der Waals surface area contributed by atoms with E-state index in [2.05, 4.69) is 10.1 Å². The number of carbonyl (C=O) groups is 3. The maximum Gasteiger partial charge on any atom is 0.337 e. The van der Waals surface area contributed by atoms with Crippen LogP contribution in [0.3, 0.4) is 0 Å². The summed E-state index contributed by atoms with van der Waals surface area (Å²) >= 11 is 0. The van der Waals surface area contributed by atoms with Crippen molar-refractivity contribution in [1.82, 2.24) is 10.2 Å². The monoisotopic (exact) mass is 382 g/mol. The van der Waals surface area contributed by atoms with Crippen LogP contribution in [0, 0.1) is 6.92 Å². The number of carbonyl (C=O) groups excluding carboxylic acids is 3. The molecule has 2 aromatic carbocycles. The molecule has 28 heavy (non-hydrogen) atoms. The molecule has 3 rings (SSSR count). The van der Waals surface area contributed by atoms with Gasteiger partial charge in [-0.1, -0.05) is 30.3 Å². The Morgan fingerprint density at radius 1 is 1.14 bits per heavy atom. The van der Waals surface area contributed by atoms with Gasteiger partial charge in [0.05, 0.1) is 19.2 Å². The summed E-state index contributed by atoms with van der Waals surface area (Å²) in [4.78, 5) is 38.1. The van der Waals surface area contributed by atoms with E-state index in [1.165, 1.54) is 7.11 Å². The van der Waals surface area contributed by atoms with E-state index in [-0.39, 0.29) is 19.1 Å². The number of benzene rings is 2. The molecule has 1 aliphatic rings. The maximum absolute atomic E-state index is 12.9. The van der Waals surface area contributed by atoms with E-state index in [9.17, 15) is 14.4 Å². The van der Waals surface area contributed by atoms with Crippen LogP contribution in [0.4, 0.5) is 4.79 Å². The third kappa shape index (κ3) is 3.55. The lowest BCUT2D eigenvalue weighted by molar-refractivity contribution is -0.131. The van der Waals surface area contributed by atoms with Gasteiger partial charge in [0, 0.05) is 0 Å². The van der Waals surface area contributed by atoms with Crippen molar-refractivity contribution in [3.63, 3.8) is 0 Å². The first-order chi connectivity index (χ1) is 13.4. The zero-order valence-electron chi connectivity index (χ0n) is 16.0. The van der Waals surface area contributed by atoms with Crippen LogP contribution < -0.4 is 10.1 Å². The van der Waals surface area contributed by atoms with Crippen molar-refractivity contribution in [2.45, 2.75) is 19.4 Å². The highest BCUT2D eigenvalue weighted by Crippen LogP contribution is 2.30. The number of ether oxygens (including phenoxy) is 2. The third-order valence-electron chi connectivity index (χ3n) is 4.80. The van der Waals surface area contributed by atoms with Crippen molar-refractivity contribution in [2.24, 2.45) is 0 Å². The van der Waals surface area contributed by atoms with Crippen LogP contribution in [-0.2, 0) is 15.1 Å². The average molecular weight is 382 g/mol. The Labute approximate surface area is 163 Å². The number of hydrogen-bond acceptors (Lipinski definition) is 5. The van der Waals surface area contributed by atoms with Gasteiger partial charge in [-0.2, -0.15) is 0 Å². The Balaban J connectivity index is 1.67. The van der Waals surface area contributed by atoms with Gasteiger partial charge in [0.25, 0.3) is 5.91 Å². The number of urea groups is 1. The normalized spacial score (nSPS) is 18.8. The molecule has 146 valence electrons. The summed E-state index contributed by atoms with van der Waals surface area (Å²) < 4.78 is 10.3. The summed E-state index contributed by atoms with van der Waals surface area (Å²) in [7, 11) is 1.30. The molecule has 1 atom stereocenters. The van der Waals surface area contributed by atoms with Crippen LogP contribution in [0.1, 0.15) is 28.4 Å². The van der Waals surface area contributed by atoms with E-state index in [1.54, 1.807) is 31.2 Å². The molecule has 2 aromatic rings. The molecule has 1 N–H and O–H groups in total. The molecule has 1 aliphatic heterocycles. The van der Waals surface area contributed by atoms with Crippen molar-refractivity contribution < 1.29 is 23.9 Å². The van der Waals surface area contributed by atoms with E-state index in [4.69, 9.17) is 4.74 Å². The number of hydrogen-bond donors (Lipinski definition) is 1. The molecule has 0 saturated carbocycles. The summed E-state index contributed by atoms with van der Waals surface area (Å²) in [6.07, 6.45) is 0. The van der Waals surface area contributed by atoms with Gasteiger partial charge >= 0.3 is 12.0 Å². The van der Waals surface area contributed by atoms with Crippen LogP contribution in [0.15, 0.2) is 48.5 Å². The Morgan fingerprint density at radius 3 is 2.61 bits per heavy atom. The quantitative estimate of drug-likeness (QED) is 0.613. The summed E-state index contributed by atoms with van der Waals surface area (Å²) in [6.45, 7) is 3.80. The first kappa shape index (κ1) is 19.4. The number of aryl methyl sites for hydroxylation is 1. The molecule has 0 aromatic heterocycles. The van der Waals surface area contributed by atoms with Gasteiger partial charge in [-0.25, -0.2) is 9.59 Å². The highest BCUT2D eigenvalue weighted by molar-refractivity contribution is 6.07. The van der Waals surface area contributed by atoms with E-state index in [1.807, 2.05) is 31.2 Å². The van der Waals surface area contributed by atoms with Crippen molar-refractivity contribution >= 4 is 17.9 Å². The molecule has 0 bridgehead atoms. The lowest BCUT2D eigenvalue weighted by atomic mass is 9.88. The highest BCUT2D eigenvalue weighted by atomic mass is 16.5. The number of nitrogens with one attached hydrogen (secondary N) is 1. The lowest BCUT2D eigenvalue weighted by Crippen LogP contribution is -2.41. The fraction of sp³-hybridized carbons (Fsp3) is 0.286. The zero-order valence-corrected chi connectivity index (χ0v) is 16.0. The second-order valence-corrected chi connectivity index (χ2v) is 6.69. The van der Waals surface area contributed by atoms with Gasteiger partial charge in [0.1, 0.15) is 17.9 Å². The van der Waals surface area contributed by atoms with Crippen molar-refractivity contribution in [3.8, 4) is 5.75 Å². The Bertz CT molecular complexity index is 927. The number of methoxy groups -OCH3 is 1. The van der Waals surface area contributed by atoms with Gasteiger partial charge in [-0.3, -0.25) is 9.69 Å². The van der Waals surface area contributed by atoms with E-state index in [0.717, 1.165) is 16.0 Å².